The lowest BCUT2D eigenvalue weighted by molar-refractivity contribution is -0.00840. The van der Waals surface area contributed by atoms with Crippen molar-refractivity contribution in [2.24, 2.45) is 5.73 Å². The first kappa shape index (κ1) is 12.1. The summed E-state index contributed by atoms with van der Waals surface area (Å²) in [6.45, 7) is 5.08. The van der Waals surface area contributed by atoms with E-state index in [0.717, 1.165) is 5.56 Å². The van der Waals surface area contributed by atoms with Crippen molar-refractivity contribution < 1.29 is 8.78 Å². The van der Waals surface area contributed by atoms with Gasteiger partial charge in [0.2, 0.25) is 0 Å². The smallest absolute Gasteiger partial charge is 0.273 e. The Morgan fingerprint density at radius 2 is 1.73 bits per heavy atom. The molecule has 0 unspecified atom stereocenters. The van der Waals surface area contributed by atoms with Crippen LogP contribution >= 0.6 is 0 Å². The van der Waals surface area contributed by atoms with Crippen molar-refractivity contribution in [2.75, 3.05) is 0 Å². The van der Waals surface area contributed by atoms with Gasteiger partial charge in [-0.15, -0.1) is 0 Å². The Bertz CT molecular complexity index is 340. The minimum absolute atomic E-state index is 0.0426. The summed E-state index contributed by atoms with van der Waals surface area (Å²) in [5, 5.41) is 0. The van der Waals surface area contributed by atoms with E-state index in [1.54, 1.807) is 26.0 Å². The lowest BCUT2D eigenvalue weighted by atomic mass is 9.92. The summed E-state index contributed by atoms with van der Waals surface area (Å²) in [5.41, 5.74) is 6.05. The largest absolute Gasteiger partial charge is 0.322 e. The van der Waals surface area contributed by atoms with E-state index in [9.17, 15) is 8.78 Å². The van der Waals surface area contributed by atoms with Crippen LogP contribution in [0, 0.1) is 0 Å². The number of halogens is 2. The summed E-state index contributed by atoms with van der Waals surface area (Å²) >= 11 is 0. The van der Waals surface area contributed by atoms with E-state index < -0.39 is 11.5 Å². The molecular weight excluding hydrogens is 196 g/mol. The Morgan fingerprint density at radius 1 is 1.20 bits per heavy atom. The van der Waals surface area contributed by atoms with Gasteiger partial charge in [0, 0.05) is 17.5 Å². The van der Waals surface area contributed by atoms with E-state index in [1.165, 1.54) is 19.1 Å². The highest BCUT2D eigenvalue weighted by atomic mass is 19.3. The van der Waals surface area contributed by atoms with E-state index in [0.29, 0.717) is 0 Å². The average Bonchev–Trinajstić information content (AvgIpc) is 2.17. The van der Waals surface area contributed by atoms with E-state index in [2.05, 4.69) is 0 Å². The highest BCUT2D eigenvalue weighted by molar-refractivity contribution is 5.30. The van der Waals surface area contributed by atoms with E-state index in [1.807, 2.05) is 0 Å². The molecule has 1 rings (SSSR count). The van der Waals surface area contributed by atoms with Crippen LogP contribution in [-0.2, 0) is 11.5 Å². The van der Waals surface area contributed by atoms with Gasteiger partial charge in [-0.3, -0.25) is 0 Å². The maximum Gasteiger partial charge on any atom is 0.273 e. The molecule has 2 N–H and O–H groups in total. The maximum atomic E-state index is 13.4. The van der Waals surface area contributed by atoms with Gasteiger partial charge in [-0.1, -0.05) is 25.1 Å². The molecule has 0 atom stereocenters. The molecule has 0 fully saturated rings. The molecule has 0 bridgehead atoms. The second-order valence-electron chi connectivity index (χ2n) is 4.36. The molecule has 15 heavy (non-hydrogen) atoms. The molecule has 0 aliphatic rings. The average molecular weight is 213 g/mol. The monoisotopic (exact) mass is 213 g/mol. The van der Waals surface area contributed by atoms with Crippen molar-refractivity contribution in [3.8, 4) is 0 Å². The zero-order chi connectivity index (χ0) is 11.7. The lowest BCUT2D eigenvalue weighted by Crippen LogP contribution is -2.29. The fourth-order valence-electron chi connectivity index (χ4n) is 1.35. The van der Waals surface area contributed by atoms with E-state index in [-0.39, 0.29) is 12.0 Å². The summed E-state index contributed by atoms with van der Waals surface area (Å²) in [6.07, 6.45) is -0.193. The fraction of sp³-hybridized carbons (Fsp3) is 0.500. The number of nitrogens with two attached hydrogens (primary N) is 1. The molecule has 0 aromatic heterocycles. The lowest BCUT2D eigenvalue weighted by Gasteiger charge is -2.22. The number of alkyl halides is 2. The summed E-state index contributed by atoms with van der Waals surface area (Å²) in [7, 11) is 0. The Morgan fingerprint density at radius 3 is 2.20 bits per heavy atom. The summed E-state index contributed by atoms with van der Waals surface area (Å²) in [5.74, 6) is -2.76. The van der Waals surface area contributed by atoms with Gasteiger partial charge in [0.15, 0.2) is 0 Å². The number of hydrogen-bond donors (Lipinski definition) is 1. The van der Waals surface area contributed by atoms with Gasteiger partial charge in [0.1, 0.15) is 0 Å². The van der Waals surface area contributed by atoms with Gasteiger partial charge in [-0.05, 0) is 25.5 Å². The molecule has 0 amide bonds. The minimum atomic E-state index is -2.76. The van der Waals surface area contributed by atoms with Crippen LogP contribution in [0.5, 0.6) is 0 Å². The molecule has 0 saturated carbocycles. The minimum Gasteiger partial charge on any atom is -0.322 e. The van der Waals surface area contributed by atoms with Crippen molar-refractivity contribution in [3.05, 3.63) is 35.4 Å². The van der Waals surface area contributed by atoms with Crippen LogP contribution in [0.2, 0.25) is 0 Å². The third kappa shape index (κ3) is 2.75. The predicted octanol–water partition coefficient (Wildman–Crippen LogP) is 3.38. The van der Waals surface area contributed by atoms with Crippen molar-refractivity contribution in [1.82, 2.24) is 0 Å². The Balaban J connectivity index is 3.14. The van der Waals surface area contributed by atoms with Crippen molar-refractivity contribution in [1.29, 1.82) is 0 Å². The van der Waals surface area contributed by atoms with Crippen LogP contribution in [0.15, 0.2) is 24.3 Å². The van der Waals surface area contributed by atoms with Gasteiger partial charge >= 0.3 is 0 Å². The Kier molecular flexibility index (Phi) is 3.14. The molecule has 1 aromatic rings. The highest BCUT2D eigenvalue weighted by Gasteiger charge is 2.29. The van der Waals surface area contributed by atoms with Crippen molar-refractivity contribution in [3.63, 3.8) is 0 Å². The summed E-state index contributed by atoms with van der Waals surface area (Å²) < 4.78 is 26.8. The first-order valence-electron chi connectivity index (χ1n) is 5.05. The summed E-state index contributed by atoms with van der Waals surface area (Å²) in [6, 6.07) is 6.33. The quantitative estimate of drug-likeness (QED) is 0.818. The first-order valence-corrected chi connectivity index (χ1v) is 5.05. The number of rotatable bonds is 3. The number of hydrogen-bond acceptors (Lipinski definition) is 1. The van der Waals surface area contributed by atoms with Crippen LogP contribution in [0.4, 0.5) is 8.78 Å². The first-order chi connectivity index (χ1) is 6.77. The van der Waals surface area contributed by atoms with Gasteiger partial charge in [-0.25, -0.2) is 8.78 Å². The Labute approximate surface area is 89.3 Å². The SMILES string of the molecule is CCC(F)(F)c1cccc(C(C)(C)N)c1. The molecular formula is C12H17F2N. The van der Waals surface area contributed by atoms with Crippen LogP contribution in [0.3, 0.4) is 0 Å². The van der Waals surface area contributed by atoms with E-state index in [4.69, 9.17) is 5.73 Å². The van der Waals surface area contributed by atoms with Gasteiger partial charge in [0.25, 0.3) is 5.92 Å². The molecule has 1 nitrogen and oxygen atoms in total. The fourth-order valence-corrected chi connectivity index (χ4v) is 1.35. The Hall–Kier alpha value is -0.960. The molecule has 0 spiro atoms. The van der Waals surface area contributed by atoms with Crippen LogP contribution in [0.25, 0.3) is 0 Å². The zero-order valence-corrected chi connectivity index (χ0v) is 9.35. The second-order valence-corrected chi connectivity index (χ2v) is 4.36. The predicted molar refractivity (Wildman–Crippen MR) is 57.8 cm³/mol. The van der Waals surface area contributed by atoms with Gasteiger partial charge in [-0.2, -0.15) is 0 Å². The van der Waals surface area contributed by atoms with Crippen LogP contribution in [-0.4, -0.2) is 0 Å². The van der Waals surface area contributed by atoms with Gasteiger partial charge < -0.3 is 5.73 Å². The zero-order valence-electron chi connectivity index (χ0n) is 9.35. The molecule has 0 aliphatic carbocycles. The number of benzene rings is 1. The third-order valence-electron chi connectivity index (χ3n) is 2.47. The van der Waals surface area contributed by atoms with Crippen molar-refractivity contribution >= 4 is 0 Å². The topological polar surface area (TPSA) is 26.0 Å². The summed E-state index contributed by atoms with van der Waals surface area (Å²) in [4.78, 5) is 0. The third-order valence-corrected chi connectivity index (χ3v) is 2.47. The molecule has 0 aliphatic heterocycles. The molecule has 1 aromatic carbocycles. The van der Waals surface area contributed by atoms with Crippen LogP contribution in [0.1, 0.15) is 38.3 Å². The highest BCUT2D eigenvalue weighted by Crippen LogP contribution is 2.32. The van der Waals surface area contributed by atoms with Crippen molar-refractivity contribution in [2.45, 2.75) is 38.7 Å². The second kappa shape index (κ2) is 3.89. The molecule has 84 valence electrons. The normalized spacial score (nSPS) is 12.9. The molecule has 3 heteroatoms. The standard InChI is InChI=1S/C12H17F2N/c1-4-12(13,14)10-7-5-6-9(8-10)11(2,3)15/h5-8H,4,15H2,1-3H3. The maximum absolute atomic E-state index is 13.4. The van der Waals surface area contributed by atoms with E-state index >= 15 is 0 Å². The van der Waals surface area contributed by atoms with Gasteiger partial charge in [0.05, 0.1) is 0 Å². The molecule has 0 radical (unpaired) electrons. The molecule has 0 saturated heterocycles. The van der Waals surface area contributed by atoms with Crippen LogP contribution < -0.4 is 5.73 Å². The molecule has 0 heterocycles.